The zero-order chi connectivity index (χ0) is 19.6. The molecular weight excluding hydrogens is 370 g/mol. The van der Waals surface area contributed by atoms with Crippen LogP contribution in [-0.4, -0.2) is 32.1 Å². The zero-order valence-electron chi connectivity index (χ0n) is 15.3. The first-order valence-electron chi connectivity index (χ1n) is 8.52. The van der Waals surface area contributed by atoms with Crippen molar-refractivity contribution >= 4 is 23.5 Å². The molecule has 0 heterocycles. The summed E-state index contributed by atoms with van der Waals surface area (Å²) in [5.41, 5.74) is 1.22. The molecule has 2 rings (SSSR count). The third-order valence-electron chi connectivity index (χ3n) is 3.61. The van der Waals surface area contributed by atoms with Crippen molar-refractivity contribution < 1.29 is 23.8 Å². The smallest absolute Gasteiger partial charge is 0.338 e. The molecule has 0 aromatic heterocycles. The van der Waals surface area contributed by atoms with Gasteiger partial charge in [-0.1, -0.05) is 30.7 Å². The fourth-order valence-electron chi connectivity index (χ4n) is 2.19. The lowest BCUT2D eigenvalue weighted by Gasteiger charge is -2.12. The molecule has 0 radical (unpaired) electrons. The van der Waals surface area contributed by atoms with Crippen LogP contribution in [-0.2, 0) is 16.1 Å². The standard InChI is InChI=1S/C20H22ClNO5/c1-3-10-22-19(23)13-27-20(24)15-6-9-17(18(11-15)25-2)26-12-14-4-7-16(21)8-5-14/h4-9,11H,3,10,12-13H2,1-2H3,(H,22,23). The van der Waals surface area contributed by atoms with E-state index < -0.39 is 5.97 Å². The molecule has 6 nitrogen and oxygen atoms in total. The van der Waals surface area contributed by atoms with Gasteiger partial charge in [0.2, 0.25) is 0 Å². The number of hydrogen-bond acceptors (Lipinski definition) is 5. The molecule has 144 valence electrons. The van der Waals surface area contributed by atoms with Gasteiger partial charge in [0.1, 0.15) is 6.61 Å². The molecule has 2 aromatic carbocycles. The quantitative estimate of drug-likeness (QED) is 0.661. The number of ether oxygens (including phenoxy) is 3. The Morgan fingerprint density at radius 2 is 1.81 bits per heavy atom. The Labute approximate surface area is 163 Å². The van der Waals surface area contributed by atoms with E-state index >= 15 is 0 Å². The highest BCUT2D eigenvalue weighted by atomic mass is 35.5. The minimum absolute atomic E-state index is 0.272. The maximum atomic E-state index is 12.1. The number of amides is 1. The second-order valence-electron chi connectivity index (χ2n) is 5.71. The monoisotopic (exact) mass is 391 g/mol. The first kappa shape index (κ1) is 20.6. The number of hydrogen-bond donors (Lipinski definition) is 1. The van der Waals surface area contributed by atoms with E-state index in [9.17, 15) is 9.59 Å². The van der Waals surface area contributed by atoms with Crippen LogP contribution in [0.3, 0.4) is 0 Å². The van der Waals surface area contributed by atoms with Crippen LogP contribution in [0.5, 0.6) is 11.5 Å². The van der Waals surface area contributed by atoms with E-state index in [2.05, 4.69) is 5.32 Å². The normalized spacial score (nSPS) is 10.2. The number of carbonyl (C=O) groups excluding carboxylic acids is 2. The molecule has 0 aliphatic heterocycles. The summed E-state index contributed by atoms with van der Waals surface area (Å²) in [6.45, 7) is 2.49. The number of carbonyl (C=O) groups is 2. The second kappa shape index (κ2) is 10.4. The van der Waals surface area contributed by atoms with Crippen LogP contribution >= 0.6 is 11.6 Å². The minimum atomic E-state index is -0.607. The molecule has 1 amide bonds. The third kappa shape index (κ3) is 6.49. The van der Waals surface area contributed by atoms with E-state index in [1.807, 2.05) is 19.1 Å². The molecule has 2 aromatic rings. The van der Waals surface area contributed by atoms with Gasteiger partial charge < -0.3 is 19.5 Å². The number of halogens is 1. The number of nitrogens with one attached hydrogen (secondary N) is 1. The summed E-state index contributed by atoms with van der Waals surface area (Å²) in [7, 11) is 1.48. The van der Waals surface area contributed by atoms with Crippen molar-refractivity contribution in [1.82, 2.24) is 5.32 Å². The summed E-state index contributed by atoms with van der Waals surface area (Å²) in [5.74, 6) is -0.0529. The largest absolute Gasteiger partial charge is 0.493 e. The van der Waals surface area contributed by atoms with Crippen molar-refractivity contribution in [2.24, 2.45) is 0 Å². The Hall–Kier alpha value is -2.73. The van der Waals surface area contributed by atoms with Gasteiger partial charge in [0, 0.05) is 11.6 Å². The van der Waals surface area contributed by atoms with Gasteiger partial charge >= 0.3 is 5.97 Å². The fourth-order valence-corrected chi connectivity index (χ4v) is 2.31. The van der Waals surface area contributed by atoms with Gasteiger partial charge in [0.05, 0.1) is 12.7 Å². The Morgan fingerprint density at radius 3 is 2.48 bits per heavy atom. The lowest BCUT2D eigenvalue weighted by molar-refractivity contribution is -0.124. The Balaban J connectivity index is 1.96. The minimum Gasteiger partial charge on any atom is -0.493 e. The molecule has 0 saturated heterocycles. The molecule has 0 aliphatic rings. The predicted molar refractivity (Wildman–Crippen MR) is 102 cm³/mol. The van der Waals surface area contributed by atoms with E-state index in [0.717, 1.165) is 12.0 Å². The summed E-state index contributed by atoms with van der Waals surface area (Å²) in [6, 6.07) is 12.0. The van der Waals surface area contributed by atoms with Crippen LogP contribution in [0, 0.1) is 0 Å². The Bertz CT molecular complexity index is 776. The number of methoxy groups -OCH3 is 1. The summed E-state index contributed by atoms with van der Waals surface area (Å²) >= 11 is 5.86. The maximum Gasteiger partial charge on any atom is 0.338 e. The average molecular weight is 392 g/mol. The van der Waals surface area contributed by atoms with Crippen LogP contribution < -0.4 is 14.8 Å². The molecule has 0 atom stereocenters. The topological polar surface area (TPSA) is 73.9 Å². The van der Waals surface area contributed by atoms with E-state index in [1.54, 1.807) is 24.3 Å². The van der Waals surface area contributed by atoms with Gasteiger partial charge in [-0.3, -0.25) is 4.79 Å². The van der Waals surface area contributed by atoms with E-state index in [0.29, 0.717) is 29.7 Å². The van der Waals surface area contributed by atoms with Gasteiger partial charge in [0.25, 0.3) is 5.91 Å². The van der Waals surface area contributed by atoms with E-state index in [1.165, 1.54) is 13.2 Å². The summed E-state index contributed by atoms with van der Waals surface area (Å²) in [4.78, 5) is 23.6. The molecule has 0 aliphatic carbocycles. The number of rotatable bonds is 9. The summed E-state index contributed by atoms with van der Waals surface area (Å²) in [5, 5.41) is 3.29. The zero-order valence-corrected chi connectivity index (χ0v) is 16.0. The molecule has 7 heteroatoms. The van der Waals surface area contributed by atoms with E-state index in [4.69, 9.17) is 25.8 Å². The van der Waals surface area contributed by atoms with Crippen molar-refractivity contribution in [2.75, 3.05) is 20.3 Å². The number of benzene rings is 2. The lowest BCUT2D eigenvalue weighted by Crippen LogP contribution is -2.29. The predicted octanol–water partition coefficient (Wildman–Crippen LogP) is 3.61. The Kier molecular flexibility index (Phi) is 7.95. The maximum absolute atomic E-state index is 12.1. The number of esters is 1. The van der Waals surface area contributed by atoms with Crippen LogP contribution in [0.15, 0.2) is 42.5 Å². The van der Waals surface area contributed by atoms with Crippen LogP contribution in [0.25, 0.3) is 0 Å². The molecule has 0 spiro atoms. The molecule has 1 N–H and O–H groups in total. The third-order valence-corrected chi connectivity index (χ3v) is 3.87. The summed E-state index contributed by atoms with van der Waals surface area (Å²) < 4.78 is 16.0. The molecule has 0 fully saturated rings. The van der Waals surface area contributed by atoms with E-state index in [-0.39, 0.29) is 18.1 Å². The average Bonchev–Trinajstić information content (AvgIpc) is 2.69. The molecule has 0 bridgehead atoms. The molecular formula is C20H22ClNO5. The summed E-state index contributed by atoms with van der Waals surface area (Å²) in [6.07, 6.45) is 0.814. The van der Waals surface area contributed by atoms with Crippen molar-refractivity contribution in [3.63, 3.8) is 0 Å². The van der Waals surface area contributed by atoms with Crippen molar-refractivity contribution in [3.8, 4) is 11.5 Å². The molecule has 0 unspecified atom stereocenters. The second-order valence-corrected chi connectivity index (χ2v) is 6.14. The van der Waals surface area contributed by atoms with Gasteiger partial charge in [-0.2, -0.15) is 0 Å². The van der Waals surface area contributed by atoms with Gasteiger partial charge in [-0.05, 0) is 42.3 Å². The van der Waals surface area contributed by atoms with Crippen LogP contribution in [0.4, 0.5) is 0 Å². The Morgan fingerprint density at radius 1 is 1.07 bits per heavy atom. The van der Waals surface area contributed by atoms with Crippen molar-refractivity contribution in [3.05, 3.63) is 58.6 Å². The van der Waals surface area contributed by atoms with Gasteiger partial charge in [-0.15, -0.1) is 0 Å². The van der Waals surface area contributed by atoms with Gasteiger partial charge in [0.15, 0.2) is 18.1 Å². The SMILES string of the molecule is CCCNC(=O)COC(=O)c1ccc(OCc2ccc(Cl)cc2)c(OC)c1. The van der Waals surface area contributed by atoms with Crippen molar-refractivity contribution in [2.45, 2.75) is 20.0 Å². The highest BCUT2D eigenvalue weighted by molar-refractivity contribution is 6.30. The fraction of sp³-hybridized carbons (Fsp3) is 0.300. The lowest BCUT2D eigenvalue weighted by atomic mass is 10.2. The highest BCUT2D eigenvalue weighted by Crippen LogP contribution is 2.29. The van der Waals surface area contributed by atoms with Crippen LogP contribution in [0.2, 0.25) is 5.02 Å². The molecule has 0 saturated carbocycles. The first-order chi connectivity index (χ1) is 13.0. The van der Waals surface area contributed by atoms with Crippen molar-refractivity contribution in [1.29, 1.82) is 0 Å². The molecule has 27 heavy (non-hydrogen) atoms. The van der Waals surface area contributed by atoms with Crippen LogP contribution in [0.1, 0.15) is 29.3 Å². The first-order valence-corrected chi connectivity index (χ1v) is 8.90. The highest BCUT2D eigenvalue weighted by Gasteiger charge is 2.14. The van der Waals surface area contributed by atoms with Gasteiger partial charge in [-0.25, -0.2) is 4.79 Å².